The van der Waals surface area contributed by atoms with Gasteiger partial charge in [-0.2, -0.15) is 0 Å². The van der Waals surface area contributed by atoms with E-state index in [1.165, 1.54) is 0 Å². The van der Waals surface area contributed by atoms with Crippen LogP contribution in [0.5, 0.6) is 0 Å². The second-order valence-electron chi connectivity index (χ2n) is 3.58. The summed E-state index contributed by atoms with van der Waals surface area (Å²) in [6.07, 6.45) is 7.88. The monoisotopic (exact) mass is 302 g/mol. The Kier molecular flexibility index (Phi) is 4.07. The highest BCUT2D eigenvalue weighted by atomic mass is 79.9. The third kappa shape index (κ3) is 3.12. The highest BCUT2D eigenvalue weighted by Gasteiger charge is 2.10. The van der Waals surface area contributed by atoms with Gasteiger partial charge in [0.05, 0.1) is 29.2 Å². The Balaban J connectivity index is 1.89. The SMILES string of the molecule is Clc1ncc(NCC2CCC=CO2)cc1Br. The maximum atomic E-state index is 5.81. The van der Waals surface area contributed by atoms with Crippen LogP contribution in [0.1, 0.15) is 12.8 Å². The van der Waals surface area contributed by atoms with Crippen LogP contribution in [0.15, 0.2) is 29.1 Å². The van der Waals surface area contributed by atoms with Gasteiger partial charge in [0, 0.05) is 0 Å². The predicted octanol–water partition coefficient (Wildman–Crippen LogP) is 3.60. The summed E-state index contributed by atoms with van der Waals surface area (Å²) < 4.78 is 6.25. The van der Waals surface area contributed by atoms with E-state index < -0.39 is 0 Å². The number of nitrogens with zero attached hydrogens (tertiary/aromatic N) is 1. The molecule has 2 rings (SSSR count). The van der Waals surface area contributed by atoms with Crippen LogP contribution in [0.3, 0.4) is 0 Å². The number of hydrogen-bond acceptors (Lipinski definition) is 3. The van der Waals surface area contributed by atoms with Crippen LogP contribution < -0.4 is 5.32 Å². The molecule has 1 aliphatic rings. The molecule has 0 fully saturated rings. The molecule has 3 nitrogen and oxygen atoms in total. The van der Waals surface area contributed by atoms with Crippen molar-refractivity contribution in [3.05, 3.63) is 34.2 Å². The van der Waals surface area contributed by atoms with Crippen molar-refractivity contribution < 1.29 is 4.74 Å². The van der Waals surface area contributed by atoms with Crippen molar-refractivity contribution in [2.75, 3.05) is 11.9 Å². The van der Waals surface area contributed by atoms with Crippen LogP contribution in [0.2, 0.25) is 5.15 Å². The summed E-state index contributed by atoms with van der Waals surface area (Å²) in [6, 6.07) is 1.91. The topological polar surface area (TPSA) is 34.2 Å². The molecule has 5 heteroatoms. The molecule has 0 amide bonds. The van der Waals surface area contributed by atoms with Crippen LogP contribution in [0.25, 0.3) is 0 Å². The summed E-state index contributed by atoms with van der Waals surface area (Å²) in [5, 5.41) is 3.75. The molecule has 2 heterocycles. The van der Waals surface area contributed by atoms with Gasteiger partial charge in [-0.3, -0.25) is 0 Å². The first kappa shape index (κ1) is 11.7. The van der Waals surface area contributed by atoms with Crippen molar-refractivity contribution in [1.82, 2.24) is 4.98 Å². The first-order valence-electron chi connectivity index (χ1n) is 5.11. The Morgan fingerprint density at radius 2 is 2.50 bits per heavy atom. The van der Waals surface area contributed by atoms with Crippen molar-refractivity contribution in [3.8, 4) is 0 Å². The third-order valence-corrected chi connectivity index (χ3v) is 3.49. The average molecular weight is 304 g/mol. The summed E-state index contributed by atoms with van der Waals surface area (Å²) in [6.45, 7) is 0.778. The second-order valence-corrected chi connectivity index (χ2v) is 4.80. The van der Waals surface area contributed by atoms with E-state index in [1.807, 2.05) is 12.1 Å². The number of ether oxygens (including phenoxy) is 1. The zero-order valence-electron chi connectivity index (χ0n) is 8.62. The van der Waals surface area contributed by atoms with Crippen molar-refractivity contribution >= 4 is 33.2 Å². The maximum Gasteiger partial charge on any atom is 0.143 e. The molecule has 0 bridgehead atoms. The highest BCUT2D eigenvalue weighted by molar-refractivity contribution is 9.10. The molecule has 0 spiro atoms. The van der Waals surface area contributed by atoms with Gasteiger partial charge in [-0.1, -0.05) is 11.6 Å². The molecule has 1 aromatic rings. The van der Waals surface area contributed by atoms with Crippen LogP contribution >= 0.6 is 27.5 Å². The largest absolute Gasteiger partial charge is 0.497 e. The lowest BCUT2D eigenvalue weighted by Crippen LogP contribution is -2.23. The van der Waals surface area contributed by atoms with E-state index in [2.05, 4.69) is 26.2 Å². The van der Waals surface area contributed by atoms with Gasteiger partial charge in [-0.05, 0) is 40.9 Å². The number of pyridine rings is 1. The van der Waals surface area contributed by atoms with Gasteiger partial charge < -0.3 is 10.1 Å². The zero-order chi connectivity index (χ0) is 11.4. The van der Waals surface area contributed by atoms with Crippen molar-refractivity contribution in [2.24, 2.45) is 0 Å². The second kappa shape index (κ2) is 5.55. The Labute approximate surface area is 108 Å². The van der Waals surface area contributed by atoms with Crippen molar-refractivity contribution in [1.29, 1.82) is 0 Å². The summed E-state index contributed by atoms with van der Waals surface area (Å²) in [5.74, 6) is 0. The number of rotatable bonds is 3. The molecule has 1 aliphatic heterocycles. The average Bonchev–Trinajstić information content (AvgIpc) is 2.32. The number of hydrogen-bond donors (Lipinski definition) is 1. The quantitative estimate of drug-likeness (QED) is 0.866. The van der Waals surface area contributed by atoms with E-state index in [1.54, 1.807) is 12.5 Å². The normalized spacial score (nSPS) is 19.2. The number of aromatic nitrogens is 1. The molecule has 0 aliphatic carbocycles. The standard InChI is InChI=1S/C11H12BrClN2O/c12-10-5-8(6-15-11(10)13)14-7-9-3-1-2-4-16-9/h2,4-6,9,14H,1,3,7H2. The van der Waals surface area contributed by atoms with Gasteiger partial charge in [0.15, 0.2) is 0 Å². The molecular weight excluding hydrogens is 291 g/mol. The third-order valence-electron chi connectivity index (χ3n) is 2.35. The minimum atomic E-state index is 0.236. The number of anilines is 1. The first-order valence-corrected chi connectivity index (χ1v) is 6.28. The van der Waals surface area contributed by atoms with Gasteiger partial charge in [-0.15, -0.1) is 0 Å². The van der Waals surface area contributed by atoms with Crippen LogP contribution in [0.4, 0.5) is 5.69 Å². The van der Waals surface area contributed by atoms with E-state index in [0.29, 0.717) is 5.15 Å². The molecule has 16 heavy (non-hydrogen) atoms. The van der Waals surface area contributed by atoms with Gasteiger partial charge >= 0.3 is 0 Å². The summed E-state index contributed by atoms with van der Waals surface area (Å²) in [5.41, 5.74) is 0.939. The molecule has 1 unspecified atom stereocenters. The molecule has 86 valence electrons. The fourth-order valence-electron chi connectivity index (χ4n) is 1.48. The van der Waals surface area contributed by atoms with Gasteiger partial charge in [-0.25, -0.2) is 4.98 Å². The number of halogens is 2. The fourth-order valence-corrected chi connectivity index (χ4v) is 1.94. The molecule has 1 N–H and O–H groups in total. The lowest BCUT2D eigenvalue weighted by Gasteiger charge is -2.20. The Bertz CT molecular complexity index is 398. The minimum absolute atomic E-state index is 0.236. The van der Waals surface area contributed by atoms with E-state index in [9.17, 15) is 0 Å². The van der Waals surface area contributed by atoms with Crippen molar-refractivity contribution in [2.45, 2.75) is 18.9 Å². The maximum absolute atomic E-state index is 5.81. The summed E-state index contributed by atoms with van der Waals surface area (Å²) >= 11 is 9.15. The van der Waals surface area contributed by atoms with E-state index >= 15 is 0 Å². The molecule has 1 aromatic heterocycles. The first-order chi connectivity index (χ1) is 7.75. The smallest absolute Gasteiger partial charge is 0.143 e. The van der Waals surface area contributed by atoms with Gasteiger partial charge in [0.2, 0.25) is 0 Å². The van der Waals surface area contributed by atoms with Crippen LogP contribution in [-0.2, 0) is 4.74 Å². The van der Waals surface area contributed by atoms with E-state index in [-0.39, 0.29) is 6.10 Å². The predicted molar refractivity (Wildman–Crippen MR) is 68.7 cm³/mol. The molecular formula is C11H12BrClN2O. The molecule has 0 saturated heterocycles. The summed E-state index contributed by atoms with van der Waals surface area (Å²) in [4.78, 5) is 4.04. The van der Waals surface area contributed by atoms with Crippen LogP contribution in [0, 0.1) is 0 Å². The van der Waals surface area contributed by atoms with Gasteiger partial charge in [0.1, 0.15) is 11.3 Å². The minimum Gasteiger partial charge on any atom is -0.497 e. The highest BCUT2D eigenvalue weighted by Crippen LogP contribution is 2.23. The molecule has 0 saturated carbocycles. The Morgan fingerprint density at radius 1 is 1.62 bits per heavy atom. The zero-order valence-corrected chi connectivity index (χ0v) is 11.0. The van der Waals surface area contributed by atoms with Crippen molar-refractivity contribution in [3.63, 3.8) is 0 Å². The Hall–Kier alpha value is -0.740. The van der Waals surface area contributed by atoms with Gasteiger partial charge in [0.25, 0.3) is 0 Å². The fraction of sp³-hybridized carbons (Fsp3) is 0.364. The Morgan fingerprint density at radius 3 is 3.19 bits per heavy atom. The lowest BCUT2D eigenvalue weighted by molar-refractivity contribution is 0.135. The molecule has 0 radical (unpaired) electrons. The number of nitrogens with one attached hydrogen (secondary N) is 1. The van der Waals surface area contributed by atoms with E-state index in [0.717, 1.165) is 29.5 Å². The molecule has 0 aromatic carbocycles. The summed E-state index contributed by atoms with van der Waals surface area (Å²) in [7, 11) is 0. The number of allylic oxidation sites excluding steroid dienone is 1. The van der Waals surface area contributed by atoms with Crippen LogP contribution in [-0.4, -0.2) is 17.6 Å². The van der Waals surface area contributed by atoms with E-state index in [4.69, 9.17) is 16.3 Å². The molecule has 1 atom stereocenters. The lowest BCUT2D eigenvalue weighted by atomic mass is 10.1.